The third-order valence-electron chi connectivity index (χ3n) is 17.6. The molecule has 7 N–H and O–H groups in total. The van der Waals surface area contributed by atoms with Gasteiger partial charge in [-0.15, -0.1) is 0 Å². The number of benzene rings is 1. The summed E-state index contributed by atoms with van der Waals surface area (Å²) in [5.41, 5.74) is 1.16. The van der Waals surface area contributed by atoms with Crippen LogP contribution in [0.1, 0.15) is 125 Å². The molecule has 5 aliphatic rings. The predicted octanol–water partition coefficient (Wildman–Crippen LogP) is 5.45. The normalized spacial score (nSPS) is 43.3. The second kappa shape index (κ2) is 32.4. The number of hydrogen-bond donors (Lipinski definition) is 7. The molecule has 0 aromatic heterocycles. The molecule has 4 fully saturated rings. The van der Waals surface area contributed by atoms with E-state index in [9.17, 15) is 45.3 Å². The molecule has 492 valence electrons. The van der Waals surface area contributed by atoms with Crippen molar-refractivity contribution < 1.29 is 107 Å². The summed E-state index contributed by atoms with van der Waals surface area (Å²) < 4.78 is 79.0. The minimum atomic E-state index is -2.56. The Morgan fingerprint density at radius 3 is 2.08 bits per heavy atom. The smallest absolute Gasteiger partial charge is 0.338 e. The fraction of sp³-hybridized carbons (Fsp3) is 0.723. The number of carbonyl (C=O) groups is 2. The quantitative estimate of drug-likeness (QED) is 0.0954. The molecule has 0 amide bonds. The molecule has 87 heavy (non-hydrogen) atoms. The van der Waals surface area contributed by atoms with Crippen LogP contribution in [0, 0.1) is 17.8 Å². The summed E-state index contributed by atoms with van der Waals surface area (Å²) in [4.78, 5) is 27.7. The van der Waals surface area contributed by atoms with Crippen molar-refractivity contribution in [2.45, 2.75) is 249 Å². The van der Waals surface area contributed by atoms with E-state index < -0.39 is 158 Å². The van der Waals surface area contributed by atoms with E-state index >= 15 is 0 Å². The monoisotopic (exact) mass is 1230 g/mol. The highest BCUT2D eigenvalue weighted by Gasteiger charge is 2.58. The third-order valence-corrected chi connectivity index (χ3v) is 17.6. The molecule has 0 unspecified atom stereocenters. The first-order valence-corrected chi connectivity index (χ1v) is 30.5. The third kappa shape index (κ3) is 18.7. The zero-order valence-corrected chi connectivity index (χ0v) is 53.3. The molecule has 1 aromatic carbocycles. The van der Waals surface area contributed by atoms with Gasteiger partial charge in [0.15, 0.2) is 25.0 Å². The first kappa shape index (κ1) is 72.2. The average Bonchev–Trinajstić information content (AvgIpc) is 1.04. The van der Waals surface area contributed by atoms with Gasteiger partial charge >= 0.3 is 11.9 Å². The fourth-order valence-corrected chi connectivity index (χ4v) is 12.5. The van der Waals surface area contributed by atoms with Crippen molar-refractivity contribution in [3.63, 3.8) is 0 Å². The van der Waals surface area contributed by atoms with E-state index in [1.807, 2.05) is 51.2 Å². The number of carbonyl (C=O) groups excluding carboxylic acids is 2. The number of ether oxygens (including phenoxy) is 13. The van der Waals surface area contributed by atoms with Crippen LogP contribution in [0.4, 0.5) is 0 Å². The Bertz CT molecular complexity index is 2500. The molecule has 22 nitrogen and oxygen atoms in total. The lowest BCUT2D eigenvalue weighted by Crippen LogP contribution is -2.66. The van der Waals surface area contributed by atoms with Crippen LogP contribution in [0.15, 0.2) is 89.1 Å². The number of aliphatic hydroxyl groups excluding tert-OH is 5. The van der Waals surface area contributed by atoms with E-state index in [0.717, 1.165) is 11.1 Å². The minimum absolute atomic E-state index is 0.00117. The lowest BCUT2D eigenvalue weighted by Gasteiger charge is -2.51. The molecule has 5 heterocycles. The van der Waals surface area contributed by atoms with Gasteiger partial charge in [-0.05, 0) is 86.4 Å². The molecule has 0 aliphatic carbocycles. The van der Waals surface area contributed by atoms with Gasteiger partial charge in [-0.3, -0.25) is 0 Å². The Kier molecular flexibility index (Phi) is 26.9. The molecule has 1 aromatic rings. The molecule has 0 bridgehead atoms. The Hall–Kier alpha value is -3.86. The van der Waals surface area contributed by atoms with E-state index in [0.29, 0.717) is 12.0 Å². The van der Waals surface area contributed by atoms with Crippen molar-refractivity contribution in [2.75, 3.05) is 35.0 Å². The number of hydrogen-bond acceptors (Lipinski definition) is 22. The highest BCUT2D eigenvalue weighted by atomic mass is 16.7. The van der Waals surface area contributed by atoms with E-state index in [1.54, 1.807) is 84.9 Å². The highest BCUT2D eigenvalue weighted by molar-refractivity contribution is 5.89. The summed E-state index contributed by atoms with van der Waals surface area (Å²) in [5, 5.41) is 82.8. The minimum Gasteiger partial charge on any atom is -0.456 e. The van der Waals surface area contributed by atoms with Crippen LogP contribution in [-0.4, -0.2) is 217 Å². The standard InChI is InChI=1S/C65H100O22/c1-34-20-19-23-46(66)49(76-13)30-51(83-61(71)38(5)28-36(3)26-35(2)27-37(4)47(25-24-34)84-63-58(56(69)57(78-15)42(9)81-63)86-62(72)44-21-17-16-18-22-44)59(70)65(74)40(7)54(67)39(6)48(87-65)29-45(33-75-12)82-53-32-64(11,73)60(43(10)80-53)85-52-31-50(77-14)55(68)41(8)79-52/h16-18,20-22,24-28,37,39-43,45-60,63,66-70,73-74H,19,23,29-33H2,1-15H3/b25-24+,34-20+,35-27+,36-26+,38-28+/t37-,39+,40-,41-,42+,43+,45-,46+,47-,48-,49+,50-,51+,52+,53+,54+,55-,56-,57+,58+,59-,60+,63+,64+,65-/m1/s1. The van der Waals surface area contributed by atoms with Gasteiger partial charge in [-0.2, -0.15) is 0 Å². The van der Waals surface area contributed by atoms with E-state index in [4.69, 9.17) is 61.6 Å². The Morgan fingerprint density at radius 1 is 0.759 bits per heavy atom. The molecular formula is C65H100O22. The van der Waals surface area contributed by atoms with E-state index in [-0.39, 0.29) is 55.8 Å². The van der Waals surface area contributed by atoms with Crippen LogP contribution < -0.4 is 0 Å². The highest BCUT2D eigenvalue weighted by Crippen LogP contribution is 2.43. The van der Waals surface area contributed by atoms with Crippen LogP contribution in [0.25, 0.3) is 0 Å². The van der Waals surface area contributed by atoms with E-state index in [2.05, 4.69) is 0 Å². The SMILES string of the molecule is COC[C@@H](C[C@H]1O[C@@](O)([C@H](O)[C@@H]2C[C@H](OC)[C@@H](O)CC/C=C(C)/C=C/[C@@H](O[C@@H]3O[C@@H](C)[C@H](OC)[C@@H](O)[C@@H]3OC(=O)c3ccccc3)[C@H](C)/C=C(C)/C=C(C)/C=C(\C)C(=O)O2)[C@H](C)[C@@H](O)[C@H]1C)O[C@H]1C[C@](C)(O)[C@@H](O[C@H]2C[C@@H](OC)[C@H](O)[C@@H](C)O2)[C@H](C)O1. The van der Waals surface area contributed by atoms with Gasteiger partial charge < -0.3 is 97.3 Å². The topological polar surface area (TPSA) is 296 Å². The maximum atomic E-state index is 14.3. The van der Waals surface area contributed by atoms with Gasteiger partial charge in [0.25, 0.3) is 0 Å². The second-order valence-electron chi connectivity index (χ2n) is 24.7. The number of rotatable bonds is 17. The first-order valence-electron chi connectivity index (χ1n) is 30.5. The molecule has 0 spiro atoms. The number of esters is 2. The van der Waals surface area contributed by atoms with Crippen molar-refractivity contribution in [2.24, 2.45) is 17.8 Å². The van der Waals surface area contributed by atoms with Gasteiger partial charge in [0.1, 0.15) is 36.6 Å². The molecule has 0 radical (unpaired) electrons. The van der Waals surface area contributed by atoms with E-state index in [1.165, 1.54) is 35.4 Å². The van der Waals surface area contributed by atoms with Crippen LogP contribution in [0.5, 0.6) is 0 Å². The number of aliphatic hydroxyl groups is 7. The van der Waals surface area contributed by atoms with Gasteiger partial charge in [0.05, 0.1) is 78.8 Å². The lowest BCUT2D eigenvalue weighted by molar-refractivity contribution is -0.366. The van der Waals surface area contributed by atoms with Crippen molar-refractivity contribution in [1.29, 1.82) is 0 Å². The molecule has 0 saturated carbocycles. The number of methoxy groups -OCH3 is 4. The first-order chi connectivity index (χ1) is 41.0. The number of allylic oxidation sites excluding steroid dienone is 7. The van der Waals surface area contributed by atoms with Gasteiger partial charge in [0.2, 0.25) is 5.79 Å². The Balaban J connectivity index is 1.22. The molecule has 6 rings (SSSR count). The molecule has 25 atom stereocenters. The molecule has 5 aliphatic heterocycles. The summed E-state index contributed by atoms with van der Waals surface area (Å²) >= 11 is 0. The maximum absolute atomic E-state index is 14.3. The second-order valence-corrected chi connectivity index (χ2v) is 24.7. The number of cyclic esters (lactones) is 1. The Labute approximate surface area is 513 Å². The van der Waals surface area contributed by atoms with Gasteiger partial charge in [0, 0.05) is 77.4 Å². The maximum Gasteiger partial charge on any atom is 0.338 e. The van der Waals surface area contributed by atoms with Crippen LogP contribution in [0.3, 0.4) is 0 Å². The molecular weight excluding hydrogens is 1130 g/mol. The summed E-state index contributed by atoms with van der Waals surface area (Å²) in [6.07, 6.45) is -8.80. The lowest BCUT2D eigenvalue weighted by atomic mass is 9.76. The van der Waals surface area contributed by atoms with Crippen molar-refractivity contribution in [3.05, 3.63) is 94.6 Å². The predicted molar refractivity (Wildman–Crippen MR) is 317 cm³/mol. The van der Waals surface area contributed by atoms with Gasteiger partial charge in [-0.25, -0.2) is 9.59 Å². The zero-order chi connectivity index (χ0) is 64.2. The van der Waals surface area contributed by atoms with Crippen LogP contribution in [0.2, 0.25) is 0 Å². The summed E-state index contributed by atoms with van der Waals surface area (Å²) in [6, 6.07) is 8.40. The molecule has 4 saturated heterocycles. The summed E-state index contributed by atoms with van der Waals surface area (Å²) in [5.74, 6) is -6.25. The van der Waals surface area contributed by atoms with Crippen LogP contribution in [-0.2, 0) is 66.4 Å². The van der Waals surface area contributed by atoms with Crippen molar-refractivity contribution in [1.82, 2.24) is 0 Å². The Morgan fingerprint density at radius 2 is 1.44 bits per heavy atom. The van der Waals surface area contributed by atoms with Crippen molar-refractivity contribution in [3.8, 4) is 0 Å². The average molecular weight is 1230 g/mol. The fourth-order valence-electron chi connectivity index (χ4n) is 12.5. The summed E-state index contributed by atoms with van der Waals surface area (Å²) in [6.45, 7) is 19.1. The zero-order valence-electron chi connectivity index (χ0n) is 53.3. The summed E-state index contributed by atoms with van der Waals surface area (Å²) in [7, 11) is 5.79. The van der Waals surface area contributed by atoms with Crippen LogP contribution >= 0.6 is 0 Å². The molecule has 22 heteroatoms. The largest absolute Gasteiger partial charge is 0.456 e. The van der Waals surface area contributed by atoms with Crippen molar-refractivity contribution >= 4 is 11.9 Å². The van der Waals surface area contributed by atoms with Gasteiger partial charge in [-0.1, -0.05) is 86.1 Å².